The maximum atomic E-state index is 9.44. The highest BCUT2D eigenvalue weighted by Gasteiger charge is 1.95. The van der Waals surface area contributed by atoms with Crippen molar-refractivity contribution in [2.75, 3.05) is 11.5 Å². The lowest BCUT2D eigenvalue weighted by atomic mass is 10.2. The molecule has 0 atom stereocenters. The van der Waals surface area contributed by atoms with Crippen LogP contribution in [0.15, 0.2) is 0 Å². The second kappa shape index (κ2) is 13.7. The van der Waals surface area contributed by atoms with Gasteiger partial charge in [0.15, 0.2) is 0 Å². The van der Waals surface area contributed by atoms with Crippen molar-refractivity contribution in [1.29, 1.82) is 0 Å². The fourth-order valence-electron chi connectivity index (χ4n) is 0.864. The normalized spacial score (nSPS) is 14.7. The summed E-state index contributed by atoms with van der Waals surface area (Å²) in [6.07, 6.45) is 5.88. The molecule has 0 N–H and O–H groups in total. The third kappa shape index (κ3) is 41.8. The van der Waals surface area contributed by atoms with E-state index < -0.39 is 0 Å². The zero-order valence-corrected chi connectivity index (χ0v) is 11.3. The first-order valence-electron chi connectivity index (χ1n) is 5.49. The van der Waals surface area contributed by atoms with E-state index in [-0.39, 0.29) is 11.6 Å². The molecule has 0 radical (unpaired) electrons. The van der Waals surface area contributed by atoms with Crippen molar-refractivity contribution < 1.29 is 9.59 Å². The second-order valence-corrected chi connectivity index (χ2v) is 5.07. The molecule has 0 aromatic heterocycles. The van der Waals surface area contributed by atoms with E-state index in [1.165, 1.54) is 64.9 Å². The molecule has 0 bridgehead atoms. The Bertz CT molecular complexity index is 127. The van der Waals surface area contributed by atoms with Crippen molar-refractivity contribution in [2.45, 2.75) is 53.4 Å². The van der Waals surface area contributed by atoms with Crippen LogP contribution in [0.5, 0.6) is 0 Å². The highest BCUT2D eigenvalue weighted by atomic mass is 32.2. The van der Waals surface area contributed by atoms with E-state index in [1.807, 2.05) is 0 Å². The maximum Gasteiger partial charge on any atom is 0.126 e. The van der Waals surface area contributed by atoms with E-state index in [1.54, 1.807) is 0 Å². The third-order valence-electron chi connectivity index (χ3n) is 1.33. The molecule has 0 saturated carbocycles. The molecule has 1 rings (SSSR count). The van der Waals surface area contributed by atoms with Crippen LogP contribution in [0.1, 0.15) is 53.4 Å². The van der Waals surface area contributed by atoms with Crippen LogP contribution >= 0.6 is 11.8 Å². The summed E-state index contributed by atoms with van der Waals surface area (Å²) in [5.74, 6) is 3.17. The Labute approximate surface area is 98.2 Å². The molecule has 1 fully saturated rings. The average Bonchev–Trinajstić information content (AvgIpc) is 2.31. The fraction of sp³-hybridized carbons (Fsp3) is 0.833. The van der Waals surface area contributed by atoms with Crippen molar-refractivity contribution in [2.24, 2.45) is 0 Å². The van der Waals surface area contributed by atoms with Gasteiger partial charge in [-0.05, 0) is 52.0 Å². The Morgan fingerprint density at radius 1 is 0.733 bits per heavy atom. The average molecular weight is 232 g/mol. The molecule has 15 heavy (non-hydrogen) atoms. The summed E-state index contributed by atoms with van der Waals surface area (Å²) in [6, 6.07) is 0. The number of carbonyl (C=O) groups excluding carboxylic acids is 2. The van der Waals surface area contributed by atoms with Crippen molar-refractivity contribution in [1.82, 2.24) is 0 Å². The van der Waals surface area contributed by atoms with Crippen LogP contribution in [-0.4, -0.2) is 23.1 Å². The van der Waals surface area contributed by atoms with Crippen LogP contribution in [0.25, 0.3) is 0 Å². The Morgan fingerprint density at radius 3 is 1.27 bits per heavy atom. The smallest absolute Gasteiger partial charge is 0.126 e. The number of thioether (sulfide) groups is 1. The summed E-state index contributed by atoms with van der Waals surface area (Å²) < 4.78 is 0. The Morgan fingerprint density at radius 2 is 1.00 bits per heavy atom. The highest BCUT2D eigenvalue weighted by Crippen LogP contribution is 2.15. The number of ketones is 2. The quantitative estimate of drug-likeness (QED) is 0.641. The minimum Gasteiger partial charge on any atom is -0.300 e. The van der Waals surface area contributed by atoms with E-state index in [9.17, 15) is 9.59 Å². The molecule has 0 unspecified atom stereocenters. The molecule has 0 aliphatic carbocycles. The van der Waals surface area contributed by atoms with Crippen LogP contribution in [0.4, 0.5) is 0 Å². The van der Waals surface area contributed by atoms with Crippen molar-refractivity contribution in [3.05, 3.63) is 0 Å². The molecule has 1 heterocycles. The Hall–Kier alpha value is -0.310. The monoisotopic (exact) mass is 232 g/mol. The molecular weight excluding hydrogens is 208 g/mol. The molecule has 3 heteroatoms. The van der Waals surface area contributed by atoms with Gasteiger partial charge in [-0.15, -0.1) is 0 Å². The van der Waals surface area contributed by atoms with Crippen LogP contribution in [0.2, 0.25) is 0 Å². The molecule has 1 aliphatic heterocycles. The van der Waals surface area contributed by atoms with Gasteiger partial charge in [-0.2, -0.15) is 11.8 Å². The van der Waals surface area contributed by atoms with Gasteiger partial charge < -0.3 is 9.59 Å². The second-order valence-electron chi connectivity index (χ2n) is 3.84. The van der Waals surface area contributed by atoms with Crippen LogP contribution in [0.3, 0.4) is 0 Å². The molecular formula is C12H24O2S. The third-order valence-corrected chi connectivity index (χ3v) is 2.48. The summed E-state index contributed by atoms with van der Waals surface area (Å²) in [7, 11) is 0. The van der Waals surface area contributed by atoms with Gasteiger partial charge in [-0.3, -0.25) is 0 Å². The Kier molecular flexibility index (Phi) is 15.6. The zero-order valence-electron chi connectivity index (χ0n) is 10.5. The number of hydrogen-bond acceptors (Lipinski definition) is 3. The van der Waals surface area contributed by atoms with E-state index in [0.29, 0.717) is 0 Å². The highest BCUT2D eigenvalue weighted by molar-refractivity contribution is 7.99. The van der Waals surface area contributed by atoms with Crippen molar-refractivity contribution in [3.8, 4) is 0 Å². The molecule has 2 nitrogen and oxygen atoms in total. The Balaban J connectivity index is 0. The lowest BCUT2D eigenvalue weighted by Gasteiger charge is -1.86. The first-order valence-corrected chi connectivity index (χ1v) is 6.64. The van der Waals surface area contributed by atoms with Crippen molar-refractivity contribution in [3.63, 3.8) is 0 Å². The largest absolute Gasteiger partial charge is 0.300 e. The van der Waals surface area contributed by atoms with Gasteiger partial charge in [-0.1, -0.05) is 12.8 Å². The minimum atomic E-state index is 0.167. The van der Waals surface area contributed by atoms with E-state index in [2.05, 4.69) is 11.8 Å². The van der Waals surface area contributed by atoms with Crippen LogP contribution < -0.4 is 0 Å². The summed E-state index contributed by atoms with van der Waals surface area (Å²) in [4.78, 5) is 18.9. The van der Waals surface area contributed by atoms with Gasteiger partial charge in [0, 0.05) is 0 Å². The first kappa shape index (κ1) is 17.1. The number of rotatable bonds is 0. The summed E-state index contributed by atoms with van der Waals surface area (Å²) in [5.41, 5.74) is 0. The molecule has 0 spiro atoms. The van der Waals surface area contributed by atoms with Gasteiger partial charge in [0.05, 0.1) is 0 Å². The topological polar surface area (TPSA) is 34.1 Å². The molecule has 0 aromatic carbocycles. The molecule has 1 saturated heterocycles. The molecule has 1 aliphatic rings. The summed E-state index contributed by atoms with van der Waals surface area (Å²) in [5, 5.41) is 0. The minimum absolute atomic E-state index is 0.167. The van der Waals surface area contributed by atoms with Gasteiger partial charge in [0.25, 0.3) is 0 Å². The van der Waals surface area contributed by atoms with Gasteiger partial charge in [0.1, 0.15) is 11.6 Å². The standard InChI is InChI=1S/C6H12S.2C3H6O/c1-2-4-6-7-5-3-1;2*1-3(2)4/h1-6H2;2*1-2H3. The molecule has 0 amide bonds. The summed E-state index contributed by atoms with van der Waals surface area (Å²) in [6.45, 7) is 6.11. The fourth-order valence-corrected chi connectivity index (χ4v) is 1.88. The lowest BCUT2D eigenvalue weighted by Crippen LogP contribution is -1.71. The number of hydrogen-bond donors (Lipinski definition) is 0. The van der Waals surface area contributed by atoms with E-state index >= 15 is 0 Å². The van der Waals surface area contributed by atoms with Gasteiger partial charge >= 0.3 is 0 Å². The number of Topliss-reactive ketones (excluding diaryl/α,β-unsaturated/α-hetero) is 2. The zero-order chi connectivity index (χ0) is 12.1. The molecule has 0 aromatic rings. The van der Waals surface area contributed by atoms with Crippen LogP contribution in [0, 0.1) is 0 Å². The predicted molar refractivity (Wildman–Crippen MR) is 68.5 cm³/mol. The first-order chi connectivity index (χ1) is 6.96. The van der Waals surface area contributed by atoms with E-state index in [4.69, 9.17) is 0 Å². The molecule has 90 valence electrons. The van der Waals surface area contributed by atoms with Crippen molar-refractivity contribution >= 4 is 23.3 Å². The number of carbonyl (C=O) groups is 2. The van der Waals surface area contributed by atoms with Crippen LogP contribution in [-0.2, 0) is 9.59 Å². The SMILES string of the molecule is C1CCCSCC1.CC(C)=O.CC(C)=O. The maximum absolute atomic E-state index is 9.44. The predicted octanol–water partition coefficient (Wildman–Crippen LogP) is 3.48. The summed E-state index contributed by atoms with van der Waals surface area (Å²) >= 11 is 2.12. The lowest BCUT2D eigenvalue weighted by molar-refractivity contribution is -0.115. The van der Waals surface area contributed by atoms with E-state index in [0.717, 1.165) is 0 Å². The van der Waals surface area contributed by atoms with Gasteiger partial charge in [-0.25, -0.2) is 0 Å². The van der Waals surface area contributed by atoms with Gasteiger partial charge in [0.2, 0.25) is 0 Å².